The van der Waals surface area contributed by atoms with Crippen molar-refractivity contribution >= 4 is 5.97 Å². The van der Waals surface area contributed by atoms with Crippen molar-refractivity contribution in [3.8, 4) is 0 Å². The average molecular weight is 217 g/mol. The fraction of sp³-hybridized carbons (Fsp3) is 0.667. The molecule has 0 saturated carbocycles. The highest BCUT2D eigenvalue weighted by molar-refractivity contribution is 5.74. The van der Waals surface area contributed by atoms with E-state index in [0.29, 0.717) is 6.61 Å². The van der Waals surface area contributed by atoms with E-state index in [1.807, 2.05) is 0 Å². The number of hydrogen-bond acceptors (Lipinski definition) is 5. The molecule has 86 valence electrons. The molecule has 15 heavy (non-hydrogen) atoms. The van der Waals surface area contributed by atoms with Crippen LogP contribution in [0, 0.1) is 10.1 Å². The third-order valence-electron chi connectivity index (χ3n) is 1.53. The molecule has 0 radical (unpaired) electrons. The molecule has 0 aromatic heterocycles. The fourth-order valence-corrected chi connectivity index (χ4v) is 0.856. The lowest BCUT2D eigenvalue weighted by atomic mass is 10.2. The Morgan fingerprint density at radius 2 is 2.13 bits per heavy atom. The van der Waals surface area contributed by atoms with E-state index in [1.54, 1.807) is 13.8 Å². The van der Waals surface area contributed by atoms with Gasteiger partial charge in [-0.3, -0.25) is 10.1 Å². The molecule has 0 aliphatic carbocycles. The molecular weight excluding hydrogens is 202 g/mol. The number of ether oxygens (including phenoxy) is 2. The van der Waals surface area contributed by atoms with E-state index in [4.69, 9.17) is 4.74 Å². The van der Waals surface area contributed by atoms with Crippen LogP contribution >= 0.6 is 0 Å². The maximum absolute atomic E-state index is 11.1. The number of carbonyl (C=O) groups is 1. The smallest absolute Gasteiger partial charge is 0.381 e. The number of nitrogens with zero attached hydrogens (tertiary/aromatic N) is 1. The molecule has 0 fully saturated rings. The minimum atomic E-state index is -1.35. The highest BCUT2D eigenvalue weighted by atomic mass is 16.6. The monoisotopic (exact) mass is 217 g/mol. The molecule has 0 aliphatic rings. The zero-order valence-corrected chi connectivity index (χ0v) is 8.84. The lowest BCUT2D eigenvalue weighted by Gasteiger charge is -2.05. The summed E-state index contributed by atoms with van der Waals surface area (Å²) in [5, 5.41) is 10.5. The number of carbonyl (C=O) groups excluding carboxylic acids is 1. The van der Waals surface area contributed by atoms with Crippen LogP contribution in [0.25, 0.3) is 0 Å². The number of esters is 1. The van der Waals surface area contributed by atoms with Gasteiger partial charge in [0.15, 0.2) is 0 Å². The molecule has 0 saturated heterocycles. The molecule has 0 aromatic carbocycles. The predicted octanol–water partition coefficient (Wildman–Crippen LogP) is 1.14. The lowest BCUT2D eigenvalue weighted by molar-refractivity contribution is -0.509. The lowest BCUT2D eigenvalue weighted by Crippen LogP contribution is -2.30. The maximum Gasteiger partial charge on any atom is 0.381 e. The number of hydrogen-bond donors (Lipinski definition) is 0. The Balaban J connectivity index is 4.16. The number of nitro groups is 1. The van der Waals surface area contributed by atoms with Crippen LogP contribution in [-0.2, 0) is 14.3 Å². The van der Waals surface area contributed by atoms with E-state index in [-0.39, 0.29) is 13.0 Å². The Morgan fingerprint density at radius 1 is 1.47 bits per heavy atom. The van der Waals surface area contributed by atoms with E-state index in [1.165, 1.54) is 12.3 Å². The van der Waals surface area contributed by atoms with Crippen molar-refractivity contribution in [1.29, 1.82) is 0 Å². The van der Waals surface area contributed by atoms with Gasteiger partial charge in [0.25, 0.3) is 0 Å². The summed E-state index contributed by atoms with van der Waals surface area (Å²) < 4.78 is 9.42. The minimum Gasteiger partial charge on any atom is -0.502 e. The maximum atomic E-state index is 11.1. The summed E-state index contributed by atoms with van der Waals surface area (Å²) in [5.41, 5.74) is 0. The first kappa shape index (κ1) is 13.4. The van der Waals surface area contributed by atoms with Crippen LogP contribution < -0.4 is 0 Å². The van der Waals surface area contributed by atoms with Crippen molar-refractivity contribution in [3.05, 3.63) is 22.5 Å². The van der Waals surface area contributed by atoms with Gasteiger partial charge in [-0.1, -0.05) is 0 Å². The molecule has 6 heteroatoms. The molecule has 0 aliphatic heterocycles. The minimum absolute atomic E-state index is 0.0220. The molecule has 0 spiro atoms. The zero-order chi connectivity index (χ0) is 11.7. The summed E-state index contributed by atoms with van der Waals surface area (Å²) in [6.07, 6.45) is 2.76. The number of rotatable bonds is 7. The van der Waals surface area contributed by atoms with Gasteiger partial charge in [-0.25, -0.2) is 4.79 Å². The van der Waals surface area contributed by atoms with Crippen molar-refractivity contribution in [2.24, 2.45) is 0 Å². The summed E-state index contributed by atoms with van der Waals surface area (Å²) in [5.74, 6) is -0.816. The van der Waals surface area contributed by atoms with Crippen molar-refractivity contribution in [2.75, 3.05) is 13.2 Å². The quantitative estimate of drug-likeness (QED) is 0.276. The first-order chi connectivity index (χ1) is 7.13. The van der Waals surface area contributed by atoms with Crippen LogP contribution in [0.4, 0.5) is 0 Å². The Labute approximate surface area is 88.0 Å². The fourth-order valence-electron chi connectivity index (χ4n) is 0.856. The van der Waals surface area contributed by atoms with Gasteiger partial charge < -0.3 is 9.47 Å². The summed E-state index contributed by atoms with van der Waals surface area (Å²) >= 11 is 0. The first-order valence-corrected chi connectivity index (χ1v) is 4.70. The molecule has 1 unspecified atom stereocenters. The molecular formula is C9H15NO5. The van der Waals surface area contributed by atoms with Crippen LogP contribution in [0.2, 0.25) is 0 Å². The van der Waals surface area contributed by atoms with E-state index < -0.39 is 16.9 Å². The topological polar surface area (TPSA) is 78.7 Å². The molecule has 0 amide bonds. The predicted molar refractivity (Wildman–Crippen MR) is 52.8 cm³/mol. The molecule has 1 atom stereocenters. The van der Waals surface area contributed by atoms with Crippen molar-refractivity contribution < 1.29 is 19.2 Å². The second kappa shape index (κ2) is 7.78. The Morgan fingerprint density at radius 3 is 2.60 bits per heavy atom. The normalized spacial score (nSPS) is 12.4. The average Bonchev–Trinajstić information content (AvgIpc) is 2.17. The van der Waals surface area contributed by atoms with Crippen molar-refractivity contribution in [1.82, 2.24) is 0 Å². The van der Waals surface area contributed by atoms with Gasteiger partial charge in [0, 0.05) is 11.3 Å². The third kappa shape index (κ3) is 5.66. The highest BCUT2D eigenvalue weighted by Gasteiger charge is 2.29. The largest absolute Gasteiger partial charge is 0.502 e. The summed E-state index contributed by atoms with van der Waals surface area (Å²) in [6, 6.07) is -1.35. The van der Waals surface area contributed by atoms with Gasteiger partial charge >= 0.3 is 12.0 Å². The molecule has 0 N–H and O–H groups in total. The Kier molecular flexibility index (Phi) is 6.96. The zero-order valence-electron chi connectivity index (χ0n) is 8.84. The van der Waals surface area contributed by atoms with Crippen LogP contribution in [0.5, 0.6) is 0 Å². The summed E-state index contributed by atoms with van der Waals surface area (Å²) in [6.45, 7) is 4.02. The van der Waals surface area contributed by atoms with Gasteiger partial charge in [-0.2, -0.15) is 0 Å². The van der Waals surface area contributed by atoms with Gasteiger partial charge in [0.05, 0.1) is 19.5 Å². The summed E-state index contributed by atoms with van der Waals surface area (Å²) in [4.78, 5) is 21.0. The van der Waals surface area contributed by atoms with Crippen LogP contribution in [-0.4, -0.2) is 30.1 Å². The van der Waals surface area contributed by atoms with E-state index in [2.05, 4.69) is 4.74 Å². The second-order valence-corrected chi connectivity index (χ2v) is 2.62. The van der Waals surface area contributed by atoms with Gasteiger partial charge in [0.1, 0.15) is 0 Å². The SMILES string of the molecule is CCO/C=C/CC(C(=O)OCC)[N+](=O)[O-]. The van der Waals surface area contributed by atoms with Gasteiger partial charge in [-0.05, 0) is 19.9 Å². The second-order valence-electron chi connectivity index (χ2n) is 2.62. The molecule has 0 heterocycles. The van der Waals surface area contributed by atoms with Crippen LogP contribution in [0.3, 0.4) is 0 Å². The van der Waals surface area contributed by atoms with E-state index in [0.717, 1.165) is 0 Å². The molecule has 0 aromatic rings. The highest BCUT2D eigenvalue weighted by Crippen LogP contribution is 2.02. The van der Waals surface area contributed by atoms with E-state index in [9.17, 15) is 14.9 Å². The first-order valence-electron chi connectivity index (χ1n) is 4.70. The molecule has 0 bridgehead atoms. The van der Waals surface area contributed by atoms with E-state index >= 15 is 0 Å². The van der Waals surface area contributed by atoms with Crippen molar-refractivity contribution in [3.63, 3.8) is 0 Å². The van der Waals surface area contributed by atoms with Crippen molar-refractivity contribution in [2.45, 2.75) is 26.3 Å². The Bertz CT molecular complexity index is 239. The standard InChI is InChI=1S/C9H15NO5/c1-3-14-7-5-6-8(10(12)13)9(11)15-4-2/h5,7-8H,3-4,6H2,1-2H3/b7-5+. The van der Waals surface area contributed by atoms with Crippen LogP contribution in [0.1, 0.15) is 20.3 Å². The molecule has 0 rings (SSSR count). The Hall–Kier alpha value is -1.59. The van der Waals surface area contributed by atoms with Crippen LogP contribution in [0.15, 0.2) is 12.3 Å². The summed E-state index contributed by atoms with van der Waals surface area (Å²) in [7, 11) is 0. The molecule has 6 nitrogen and oxygen atoms in total. The third-order valence-corrected chi connectivity index (χ3v) is 1.53. The van der Waals surface area contributed by atoms with Gasteiger partial charge in [-0.15, -0.1) is 0 Å². The van der Waals surface area contributed by atoms with Gasteiger partial charge in [0.2, 0.25) is 0 Å².